The number of anilines is 1. The molecule has 0 saturated carbocycles. The molecule has 0 aromatic heterocycles. The monoisotopic (exact) mass is 342 g/mol. The second kappa shape index (κ2) is 7.34. The summed E-state index contributed by atoms with van der Waals surface area (Å²) in [4.78, 5) is 26.0. The number of carbonyl (C=O) groups is 2. The molecule has 2 aromatic rings. The fraction of sp³-hybridized carbons (Fsp3) is 0.263. The van der Waals surface area contributed by atoms with E-state index in [0.29, 0.717) is 22.6 Å². The van der Waals surface area contributed by atoms with Gasteiger partial charge in [-0.25, -0.2) is 4.39 Å². The van der Waals surface area contributed by atoms with E-state index in [1.165, 1.54) is 11.0 Å². The maximum Gasteiger partial charge on any atom is 0.240 e. The summed E-state index contributed by atoms with van der Waals surface area (Å²) < 4.78 is 19.1. The Kier molecular flexibility index (Phi) is 4.97. The van der Waals surface area contributed by atoms with Crippen LogP contribution in [-0.4, -0.2) is 25.0 Å². The number of benzene rings is 2. The first-order chi connectivity index (χ1) is 12.0. The molecule has 0 spiro atoms. The Bertz CT molecular complexity index is 807. The van der Waals surface area contributed by atoms with Crippen LogP contribution in [0.1, 0.15) is 17.5 Å². The van der Waals surface area contributed by atoms with Gasteiger partial charge >= 0.3 is 0 Å². The average Bonchev–Trinajstić information content (AvgIpc) is 2.75. The van der Waals surface area contributed by atoms with E-state index in [4.69, 9.17) is 4.74 Å². The highest BCUT2D eigenvalue weighted by Gasteiger charge is 2.24. The average molecular weight is 342 g/mol. The zero-order chi connectivity index (χ0) is 17.8. The molecular formula is C19H19FN2O3. The van der Waals surface area contributed by atoms with Gasteiger partial charge in [0.2, 0.25) is 11.8 Å². The Morgan fingerprint density at radius 3 is 2.88 bits per heavy atom. The van der Waals surface area contributed by atoms with Gasteiger partial charge in [-0.15, -0.1) is 0 Å². The highest BCUT2D eigenvalue weighted by Crippen LogP contribution is 2.30. The maximum absolute atomic E-state index is 13.6. The predicted octanol–water partition coefficient (Wildman–Crippen LogP) is 2.57. The van der Waals surface area contributed by atoms with E-state index in [9.17, 15) is 14.0 Å². The summed E-state index contributed by atoms with van der Waals surface area (Å²) >= 11 is 0. The molecule has 0 saturated heterocycles. The zero-order valence-electron chi connectivity index (χ0n) is 13.9. The molecule has 1 heterocycles. The summed E-state index contributed by atoms with van der Waals surface area (Å²) in [6, 6.07) is 12.0. The summed E-state index contributed by atoms with van der Waals surface area (Å²) in [5.74, 6) is -0.199. The third kappa shape index (κ3) is 3.96. The van der Waals surface area contributed by atoms with Crippen LogP contribution in [0.2, 0.25) is 0 Å². The highest BCUT2D eigenvalue weighted by molar-refractivity contribution is 6.00. The van der Waals surface area contributed by atoms with E-state index in [1.54, 1.807) is 37.3 Å². The van der Waals surface area contributed by atoms with Gasteiger partial charge in [-0.2, -0.15) is 0 Å². The first-order valence-corrected chi connectivity index (χ1v) is 8.08. The molecule has 6 heteroatoms. The van der Waals surface area contributed by atoms with Crippen molar-refractivity contribution >= 4 is 17.5 Å². The molecule has 1 aliphatic rings. The number of nitrogens with one attached hydrogen (secondary N) is 1. The Labute approximate surface area is 145 Å². The van der Waals surface area contributed by atoms with Gasteiger partial charge in [0.25, 0.3) is 0 Å². The van der Waals surface area contributed by atoms with E-state index in [-0.39, 0.29) is 43.7 Å². The summed E-state index contributed by atoms with van der Waals surface area (Å²) in [6.07, 6.45) is 0.213. The van der Waals surface area contributed by atoms with Gasteiger partial charge in [0.15, 0.2) is 0 Å². The molecule has 0 aliphatic carbocycles. The van der Waals surface area contributed by atoms with Crippen LogP contribution in [0.5, 0.6) is 5.75 Å². The molecule has 0 unspecified atom stereocenters. The van der Waals surface area contributed by atoms with Crippen molar-refractivity contribution in [3.05, 3.63) is 59.4 Å². The number of halogens is 1. The zero-order valence-corrected chi connectivity index (χ0v) is 13.9. The lowest BCUT2D eigenvalue weighted by Crippen LogP contribution is -2.40. The van der Waals surface area contributed by atoms with Crippen LogP contribution in [0.15, 0.2) is 42.5 Å². The van der Waals surface area contributed by atoms with Crippen molar-refractivity contribution < 1.29 is 18.7 Å². The molecule has 130 valence electrons. The number of fused-ring (bicyclic) bond motifs is 1. The minimum atomic E-state index is -0.314. The van der Waals surface area contributed by atoms with Crippen LogP contribution in [0, 0.1) is 12.7 Å². The van der Waals surface area contributed by atoms with Crippen LogP contribution in [-0.2, 0) is 16.1 Å². The summed E-state index contributed by atoms with van der Waals surface area (Å²) in [6.45, 7) is 2.07. The van der Waals surface area contributed by atoms with Gasteiger partial charge in [-0.05, 0) is 36.2 Å². The lowest BCUT2D eigenvalue weighted by atomic mass is 10.1. The van der Waals surface area contributed by atoms with Crippen LogP contribution >= 0.6 is 0 Å². The van der Waals surface area contributed by atoms with Gasteiger partial charge in [0.05, 0.1) is 18.7 Å². The molecule has 3 rings (SSSR count). The smallest absolute Gasteiger partial charge is 0.240 e. The third-order valence-corrected chi connectivity index (χ3v) is 4.06. The Morgan fingerprint density at radius 2 is 2.08 bits per heavy atom. The molecule has 1 aliphatic heterocycles. The molecule has 2 aromatic carbocycles. The van der Waals surface area contributed by atoms with Crippen molar-refractivity contribution in [3.63, 3.8) is 0 Å². The number of amides is 2. The number of nitrogens with zero attached hydrogens (tertiary/aromatic N) is 1. The quantitative estimate of drug-likeness (QED) is 0.929. The van der Waals surface area contributed by atoms with Gasteiger partial charge in [0.1, 0.15) is 18.1 Å². The molecule has 2 amide bonds. The summed E-state index contributed by atoms with van der Waals surface area (Å²) in [7, 11) is 0. The van der Waals surface area contributed by atoms with E-state index in [0.717, 1.165) is 0 Å². The number of para-hydroxylation sites is 2. The van der Waals surface area contributed by atoms with Crippen molar-refractivity contribution in [1.82, 2.24) is 5.32 Å². The van der Waals surface area contributed by atoms with Crippen molar-refractivity contribution in [1.29, 1.82) is 0 Å². The Hall–Kier alpha value is -2.89. The molecule has 25 heavy (non-hydrogen) atoms. The van der Waals surface area contributed by atoms with E-state index >= 15 is 0 Å². The normalized spacial score (nSPS) is 13.7. The molecule has 5 nitrogen and oxygen atoms in total. The van der Waals surface area contributed by atoms with Crippen molar-refractivity contribution in [2.45, 2.75) is 19.9 Å². The van der Waals surface area contributed by atoms with Crippen LogP contribution in [0.3, 0.4) is 0 Å². The van der Waals surface area contributed by atoms with E-state index in [2.05, 4.69) is 5.32 Å². The minimum absolute atomic E-state index is 0.104. The number of hydrogen-bond acceptors (Lipinski definition) is 3. The molecule has 0 radical (unpaired) electrons. The summed E-state index contributed by atoms with van der Waals surface area (Å²) in [5.41, 5.74) is 1.81. The fourth-order valence-electron chi connectivity index (χ4n) is 2.64. The molecule has 1 N–H and O–H groups in total. The number of rotatable bonds is 4. The number of ether oxygens (including phenoxy) is 1. The minimum Gasteiger partial charge on any atom is -0.491 e. The molecule has 0 fully saturated rings. The van der Waals surface area contributed by atoms with Crippen molar-refractivity contribution in [2.75, 3.05) is 18.1 Å². The molecule has 0 bridgehead atoms. The third-order valence-electron chi connectivity index (χ3n) is 4.06. The van der Waals surface area contributed by atoms with Gasteiger partial charge in [0, 0.05) is 6.54 Å². The number of hydrogen-bond donors (Lipinski definition) is 1. The standard InChI is InChI=1S/C19H19FN2O3/c1-13-6-7-14(10-15(13)20)11-21-18(23)12-22-16-4-2-3-5-17(16)25-9-8-19(22)24/h2-7,10H,8-9,11-12H2,1H3,(H,21,23). The second-order valence-corrected chi connectivity index (χ2v) is 5.91. The predicted molar refractivity (Wildman–Crippen MR) is 91.9 cm³/mol. The van der Waals surface area contributed by atoms with E-state index < -0.39 is 0 Å². The molecular weight excluding hydrogens is 323 g/mol. The number of carbonyl (C=O) groups excluding carboxylic acids is 2. The summed E-state index contributed by atoms with van der Waals surface area (Å²) in [5, 5.41) is 2.72. The first kappa shape index (κ1) is 17.0. The molecule has 0 atom stereocenters. The topological polar surface area (TPSA) is 58.6 Å². The van der Waals surface area contributed by atoms with Crippen LogP contribution < -0.4 is 15.0 Å². The first-order valence-electron chi connectivity index (χ1n) is 8.08. The van der Waals surface area contributed by atoms with Crippen molar-refractivity contribution in [3.8, 4) is 5.75 Å². The van der Waals surface area contributed by atoms with E-state index in [1.807, 2.05) is 6.07 Å². The van der Waals surface area contributed by atoms with Crippen molar-refractivity contribution in [2.24, 2.45) is 0 Å². The van der Waals surface area contributed by atoms with Crippen LogP contribution in [0.4, 0.5) is 10.1 Å². The Balaban J connectivity index is 1.67. The van der Waals surface area contributed by atoms with Gasteiger partial charge in [-0.1, -0.05) is 24.3 Å². The van der Waals surface area contributed by atoms with Gasteiger partial charge < -0.3 is 10.1 Å². The van der Waals surface area contributed by atoms with Crippen LogP contribution in [0.25, 0.3) is 0 Å². The lowest BCUT2D eigenvalue weighted by molar-refractivity contribution is -0.124. The lowest BCUT2D eigenvalue weighted by Gasteiger charge is -2.21. The Morgan fingerprint density at radius 1 is 1.28 bits per heavy atom. The largest absolute Gasteiger partial charge is 0.491 e. The maximum atomic E-state index is 13.6. The van der Waals surface area contributed by atoms with Gasteiger partial charge in [-0.3, -0.25) is 14.5 Å². The second-order valence-electron chi connectivity index (χ2n) is 5.91. The highest BCUT2D eigenvalue weighted by atomic mass is 19.1. The number of aryl methyl sites for hydroxylation is 1. The fourth-order valence-corrected chi connectivity index (χ4v) is 2.64. The SMILES string of the molecule is Cc1ccc(CNC(=O)CN2C(=O)CCOc3ccccc32)cc1F.